The second kappa shape index (κ2) is 8.97. The number of anilines is 2. The van der Waals surface area contributed by atoms with Crippen LogP contribution in [-0.4, -0.2) is 46.2 Å². The van der Waals surface area contributed by atoms with E-state index in [4.69, 9.17) is 9.84 Å². The lowest BCUT2D eigenvalue weighted by molar-refractivity contribution is 0.0138. The zero-order chi connectivity index (χ0) is 25.8. The summed E-state index contributed by atoms with van der Waals surface area (Å²) in [7, 11) is -3.61. The van der Waals surface area contributed by atoms with Gasteiger partial charge in [0.1, 0.15) is 5.39 Å². The fourth-order valence-corrected chi connectivity index (χ4v) is 8.07. The first-order chi connectivity index (χ1) is 17.8. The second-order valence-electron chi connectivity index (χ2n) is 10.5. The maximum Gasteiger partial charge on any atom is 0.261 e. The molecule has 4 heterocycles. The summed E-state index contributed by atoms with van der Waals surface area (Å²) in [6.07, 6.45) is 6.58. The van der Waals surface area contributed by atoms with Crippen LogP contribution in [0.4, 0.5) is 11.5 Å². The number of nitrogens with zero attached hydrogens (tertiary/aromatic N) is 4. The number of ether oxygens (including phenoxy) is 1. The molecule has 194 valence electrons. The number of pyridine rings is 1. The third-order valence-electron chi connectivity index (χ3n) is 8.22. The minimum absolute atomic E-state index is 0.0995. The minimum Gasteiger partial charge on any atom is -0.381 e. The molecule has 1 aromatic carbocycles. The van der Waals surface area contributed by atoms with Crippen LogP contribution >= 0.6 is 0 Å². The zero-order valence-corrected chi connectivity index (χ0v) is 21.6. The number of sulfonamides is 1. The molecular weight excluding hydrogens is 492 g/mol. The SMILES string of the molecule is CC1(N2Cc3cc(Nc4nn([C@H]5CCCCC5C#N)c5cc[nH]c(=O)c45)ccc3S2(=O)=O)CCOCC1. The fraction of sp³-hybridized carbons (Fsp3) is 0.500. The maximum atomic E-state index is 13.4. The second-order valence-corrected chi connectivity index (χ2v) is 12.3. The summed E-state index contributed by atoms with van der Waals surface area (Å²) >= 11 is 0. The van der Waals surface area contributed by atoms with Crippen LogP contribution in [0.3, 0.4) is 0 Å². The van der Waals surface area contributed by atoms with Gasteiger partial charge in [0.15, 0.2) is 5.82 Å². The minimum atomic E-state index is -3.61. The Balaban J connectivity index is 1.36. The Morgan fingerprint density at radius 1 is 1.22 bits per heavy atom. The summed E-state index contributed by atoms with van der Waals surface area (Å²) in [5.74, 6) is 0.236. The lowest BCUT2D eigenvalue weighted by atomic mass is 9.85. The molecule has 3 aliphatic rings. The van der Waals surface area contributed by atoms with E-state index in [1.807, 2.05) is 23.7 Å². The number of nitriles is 1. The monoisotopic (exact) mass is 522 g/mol. The molecule has 0 bridgehead atoms. The molecule has 2 fully saturated rings. The summed E-state index contributed by atoms with van der Waals surface area (Å²) in [5.41, 5.74) is 1.30. The predicted octanol–water partition coefficient (Wildman–Crippen LogP) is 3.80. The Hall–Kier alpha value is -3.20. The van der Waals surface area contributed by atoms with Gasteiger partial charge in [0.25, 0.3) is 5.56 Å². The molecule has 37 heavy (non-hydrogen) atoms. The molecule has 1 saturated heterocycles. The van der Waals surface area contributed by atoms with Crippen LogP contribution < -0.4 is 10.9 Å². The average Bonchev–Trinajstić information content (AvgIpc) is 3.39. The van der Waals surface area contributed by atoms with E-state index in [1.165, 1.54) is 0 Å². The molecule has 0 spiro atoms. The van der Waals surface area contributed by atoms with Crippen molar-refractivity contribution in [2.45, 2.75) is 68.5 Å². The van der Waals surface area contributed by atoms with Crippen LogP contribution in [0.1, 0.15) is 57.1 Å². The van der Waals surface area contributed by atoms with Crippen LogP contribution in [0.15, 0.2) is 40.2 Å². The zero-order valence-electron chi connectivity index (χ0n) is 20.7. The van der Waals surface area contributed by atoms with E-state index in [0.29, 0.717) is 65.5 Å². The Labute approximate surface area is 215 Å². The summed E-state index contributed by atoms with van der Waals surface area (Å²) in [5, 5.41) is 18.2. The van der Waals surface area contributed by atoms with Crippen LogP contribution in [0, 0.1) is 17.2 Å². The summed E-state index contributed by atoms with van der Waals surface area (Å²) in [4.78, 5) is 15.9. The normalized spacial score (nSPS) is 25.0. The highest BCUT2D eigenvalue weighted by Crippen LogP contribution is 2.41. The molecule has 6 rings (SSSR count). The Bertz CT molecular complexity index is 1560. The first-order valence-electron chi connectivity index (χ1n) is 12.8. The van der Waals surface area contributed by atoms with Gasteiger partial charge in [-0.2, -0.15) is 14.7 Å². The molecule has 2 aliphatic heterocycles. The molecule has 1 aliphatic carbocycles. The van der Waals surface area contributed by atoms with Crippen molar-refractivity contribution in [2.24, 2.45) is 5.92 Å². The summed E-state index contributed by atoms with van der Waals surface area (Å²) in [6.45, 7) is 3.38. The Morgan fingerprint density at radius 2 is 2.00 bits per heavy atom. The lowest BCUT2D eigenvalue weighted by Gasteiger charge is -2.40. The lowest BCUT2D eigenvalue weighted by Crippen LogP contribution is -2.49. The van der Waals surface area contributed by atoms with Crippen molar-refractivity contribution in [1.29, 1.82) is 5.26 Å². The number of hydrogen-bond acceptors (Lipinski definition) is 7. The topological polar surface area (TPSA) is 133 Å². The van der Waals surface area contributed by atoms with Crippen molar-refractivity contribution >= 4 is 32.4 Å². The third-order valence-corrected chi connectivity index (χ3v) is 10.3. The predicted molar refractivity (Wildman–Crippen MR) is 138 cm³/mol. The highest BCUT2D eigenvalue weighted by Gasteiger charge is 2.46. The van der Waals surface area contributed by atoms with Crippen LogP contribution in [0.2, 0.25) is 0 Å². The average molecular weight is 523 g/mol. The number of nitrogens with one attached hydrogen (secondary N) is 2. The molecule has 0 amide bonds. The maximum absolute atomic E-state index is 13.4. The highest BCUT2D eigenvalue weighted by atomic mass is 32.2. The van der Waals surface area contributed by atoms with Gasteiger partial charge in [-0.05, 0) is 62.4 Å². The smallest absolute Gasteiger partial charge is 0.261 e. The third kappa shape index (κ3) is 3.95. The molecule has 11 heteroatoms. The van der Waals surface area contributed by atoms with E-state index in [2.05, 4.69) is 16.4 Å². The van der Waals surface area contributed by atoms with Crippen molar-refractivity contribution < 1.29 is 13.2 Å². The van der Waals surface area contributed by atoms with E-state index in [0.717, 1.165) is 25.7 Å². The molecule has 1 saturated carbocycles. The molecule has 2 N–H and O–H groups in total. The molecular formula is C26H30N6O4S. The van der Waals surface area contributed by atoms with Crippen molar-refractivity contribution in [3.05, 3.63) is 46.4 Å². The van der Waals surface area contributed by atoms with Gasteiger partial charge in [-0.1, -0.05) is 12.8 Å². The van der Waals surface area contributed by atoms with Crippen LogP contribution in [-0.2, 0) is 21.3 Å². The van der Waals surface area contributed by atoms with E-state index in [-0.39, 0.29) is 17.5 Å². The number of aromatic amines is 1. The van der Waals surface area contributed by atoms with Gasteiger partial charge in [-0.3, -0.25) is 9.48 Å². The van der Waals surface area contributed by atoms with Gasteiger partial charge >= 0.3 is 0 Å². The summed E-state index contributed by atoms with van der Waals surface area (Å²) in [6, 6.07) is 9.32. The number of H-pyrrole nitrogens is 1. The first-order valence-corrected chi connectivity index (χ1v) is 14.3. The molecule has 3 aromatic rings. The van der Waals surface area contributed by atoms with E-state index < -0.39 is 15.6 Å². The van der Waals surface area contributed by atoms with Gasteiger partial charge < -0.3 is 15.0 Å². The van der Waals surface area contributed by atoms with Crippen molar-refractivity contribution in [1.82, 2.24) is 19.1 Å². The number of rotatable bonds is 4. The van der Waals surface area contributed by atoms with Crippen LogP contribution in [0.25, 0.3) is 10.9 Å². The number of hydrogen-bond donors (Lipinski definition) is 2. The number of fused-ring (bicyclic) bond motifs is 2. The molecule has 0 radical (unpaired) electrons. The Kier molecular flexibility index (Phi) is 5.86. The first kappa shape index (κ1) is 24.2. The number of aromatic nitrogens is 3. The van der Waals surface area contributed by atoms with Gasteiger partial charge in [-0.15, -0.1) is 0 Å². The standard InChI is InChI=1S/C26H30N6O4S/c1-26(9-12-36-13-10-26)31-16-18-14-19(6-7-22(18)37(31,34)35)29-24-23-21(8-11-28-25(23)33)32(30-24)20-5-3-2-4-17(20)15-27/h6-8,11,14,17,20H,2-5,9-10,12-13,16H2,1H3,(H,28,33)(H,29,30)/t17?,20-/m0/s1. The fourth-order valence-electron chi connectivity index (χ4n) is 6.06. The van der Waals surface area contributed by atoms with Gasteiger partial charge in [0.05, 0.1) is 28.4 Å². The summed E-state index contributed by atoms with van der Waals surface area (Å²) < 4.78 is 35.7. The van der Waals surface area contributed by atoms with E-state index >= 15 is 0 Å². The quantitative estimate of drug-likeness (QED) is 0.532. The Morgan fingerprint density at radius 3 is 2.78 bits per heavy atom. The van der Waals surface area contributed by atoms with Gasteiger partial charge in [0.2, 0.25) is 10.0 Å². The van der Waals surface area contributed by atoms with E-state index in [9.17, 15) is 18.5 Å². The molecule has 2 aromatic heterocycles. The van der Waals surface area contributed by atoms with Crippen molar-refractivity contribution in [3.8, 4) is 6.07 Å². The molecule has 2 atom stereocenters. The van der Waals surface area contributed by atoms with Crippen molar-refractivity contribution in [2.75, 3.05) is 18.5 Å². The molecule has 1 unspecified atom stereocenters. The number of benzene rings is 1. The van der Waals surface area contributed by atoms with Gasteiger partial charge in [0, 0.05) is 37.2 Å². The molecule has 10 nitrogen and oxygen atoms in total. The van der Waals surface area contributed by atoms with Gasteiger partial charge in [-0.25, -0.2) is 8.42 Å². The highest BCUT2D eigenvalue weighted by molar-refractivity contribution is 7.89. The largest absolute Gasteiger partial charge is 0.381 e. The van der Waals surface area contributed by atoms with Crippen LogP contribution in [0.5, 0.6) is 0 Å². The van der Waals surface area contributed by atoms with Crippen molar-refractivity contribution in [3.63, 3.8) is 0 Å². The van der Waals surface area contributed by atoms with E-state index in [1.54, 1.807) is 22.6 Å².